The summed E-state index contributed by atoms with van der Waals surface area (Å²) in [6, 6.07) is 6.18. The minimum Gasteiger partial charge on any atom is -0.373 e. The Morgan fingerprint density at radius 1 is 1.16 bits per heavy atom. The smallest absolute Gasteiger partial charge is 0.317 e. The number of hydrogen-bond acceptors (Lipinski definition) is 4. The Bertz CT molecular complexity index is 580. The van der Waals surface area contributed by atoms with Crippen LogP contribution in [0.2, 0.25) is 0 Å². The molecular formula is C19H28N4O2. The maximum atomic E-state index is 12.6. The van der Waals surface area contributed by atoms with Gasteiger partial charge in [-0.15, -0.1) is 0 Å². The van der Waals surface area contributed by atoms with E-state index < -0.39 is 0 Å². The molecule has 136 valence electrons. The minimum absolute atomic E-state index is 0.0495. The van der Waals surface area contributed by atoms with Crippen LogP contribution in [0.15, 0.2) is 24.4 Å². The van der Waals surface area contributed by atoms with E-state index >= 15 is 0 Å². The Kier molecular flexibility index (Phi) is 4.79. The van der Waals surface area contributed by atoms with Crippen molar-refractivity contribution in [3.05, 3.63) is 24.4 Å². The van der Waals surface area contributed by atoms with Crippen LogP contribution in [0.4, 0.5) is 10.6 Å². The molecule has 1 N–H and O–H groups in total. The van der Waals surface area contributed by atoms with Gasteiger partial charge in [0.05, 0.1) is 18.2 Å². The van der Waals surface area contributed by atoms with E-state index in [1.54, 1.807) is 0 Å². The molecule has 1 aromatic rings. The molecule has 1 spiro atoms. The second kappa shape index (κ2) is 7.20. The average molecular weight is 344 g/mol. The van der Waals surface area contributed by atoms with Gasteiger partial charge in [0.15, 0.2) is 0 Å². The van der Waals surface area contributed by atoms with E-state index in [0.29, 0.717) is 6.61 Å². The molecule has 1 saturated carbocycles. The highest BCUT2D eigenvalue weighted by Crippen LogP contribution is 2.39. The number of rotatable bonds is 2. The summed E-state index contributed by atoms with van der Waals surface area (Å²) >= 11 is 0. The van der Waals surface area contributed by atoms with Gasteiger partial charge in [-0.3, -0.25) is 0 Å². The number of anilines is 1. The molecule has 0 bridgehead atoms. The maximum absolute atomic E-state index is 12.6. The van der Waals surface area contributed by atoms with Crippen LogP contribution in [-0.2, 0) is 4.74 Å². The molecule has 4 rings (SSSR count). The largest absolute Gasteiger partial charge is 0.373 e. The minimum atomic E-state index is 0.0495. The third-order valence-corrected chi connectivity index (χ3v) is 5.84. The number of amides is 2. The predicted molar refractivity (Wildman–Crippen MR) is 96.7 cm³/mol. The Morgan fingerprint density at radius 2 is 1.96 bits per heavy atom. The van der Waals surface area contributed by atoms with Crippen molar-refractivity contribution in [1.82, 2.24) is 15.2 Å². The zero-order valence-electron chi connectivity index (χ0n) is 14.8. The second-order valence-electron chi connectivity index (χ2n) is 7.57. The van der Waals surface area contributed by atoms with Gasteiger partial charge in [-0.05, 0) is 31.4 Å². The first kappa shape index (κ1) is 16.6. The van der Waals surface area contributed by atoms with Crippen LogP contribution < -0.4 is 10.2 Å². The number of urea groups is 1. The van der Waals surface area contributed by atoms with Crippen LogP contribution in [-0.4, -0.2) is 60.3 Å². The molecular weight excluding hydrogens is 316 g/mol. The molecule has 3 heterocycles. The monoisotopic (exact) mass is 344 g/mol. The summed E-state index contributed by atoms with van der Waals surface area (Å²) in [7, 11) is 0. The first-order valence-corrected chi connectivity index (χ1v) is 9.60. The molecule has 3 aliphatic rings. The van der Waals surface area contributed by atoms with Gasteiger partial charge in [0.25, 0.3) is 0 Å². The van der Waals surface area contributed by atoms with Crippen LogP contribution in [0.1, 0.15) is 38.5 Å². The molecule has 6 heteroatoms. The van der Waals surface area contributed by atoms with Gasteiger partial charge in [-0.1, -0.05) is 25.3 Å². The highest BCUT2D eigenvalue weighted by atomic mass is 16.5. The third-order valence-electron chi connectivity index (χ3n) is 5.84. The molecule has 2 aliphatic heterocycles. The number of piperazine rings is 1. The van der Waals surface area contributed by atoms with Gasteiger partial charge < -0.3 is 19.9 Å². The quantitative estimate of drug-likeness (QED) is 0.895. The molecule has 0 radical (unpaired) electrons. The lowest BCUT2D eigenvalue weighted by Gasteiger charge is -2.36. The van der Waals surface area contributed by atoms with E-state index in [2.05, 4.69) is 15.2 Å². The number of nitrogens with zero attached hydrogens (tertiary/aromatic N) is 3. The lowest BCUT2D eigenvalue weighted by atomic mass is 9.82. The summed E-state index contributed by atoms with van der Waals surface area (Å²) < 4.78 is 6.11. The molecule has 2 saturated heterocycles. The van der Waals surface area contributed by atoms with Gasteiger partial charge in [0, 0.05) is 32.4 Å². The summed E-state index contributed by atoms with van der Waals surface area (Å²) in [4.78, 5) is 21.1. The van der Waals surface area contributed by atoms with Crippen molar-refractivity contribution < 1.29 is 9.53 Å². The lowest BCUT2D eigenvalue weighted by Crippen LogP contribution is -2.54. The highest BCUT2D eigenvalue weighted by molar-refractivity contribution is 5.75. The number of nitrogens with one attached hydrogen (secondary N) is 1. The fourth-order valence-corrected chi connectivity index (χ4v) is 4.43. The summed E-state index contributed by atoms with van der Waals surface area (Å²) in [5, 5.41) is 3.20. The number of hydrogen-bond donors (Lipinski definition) is 1. The maximum Gasteiger partial charge on any atom is 0.317 e. The number of carbonyl (C=O) groups is 1. The van der Waals surface area contributed by atoms with Crippen LogP contribution >= 0.6 is 0 Å². The zero-order chi connectivity index (χ0) is 17.1. The van der Waals surface area contributed by atoms with Gasteiger partial charge in [-0.25, -0.2) is 9.78 Å². The topological polar surface area (TPSA) is 57.7 Å². The SMILES string of the molecule is O=C(N[C@H]1COC2(CCCCC2)C1)N1CCN(c2ccccn2)CC1. The Hall–Kier alpha value is -1.82. The van der Waals surface area contributed by atoms with Crippen LogP contribution in [0.25, 0.3) is 0 Å². The van der Waals surface area contributed by atoms with Crippen molar-refractivity contribution in [2.45, 2.75) is 50.2 Å². The average Bonchev–Trinajstić information content (AvgIpc) is 3.05. The van der Waals surface area contributed by atoms with Crippen molar-refractivity contribution in [2.75, 3.05) is 37.7 Å². The number of carbonyl (C=O) groups excluding carboxylic acids is 1. The molecule has 3 fully saturated rings. The Morgan fingerprint density at radius 3 is 2.68 bits per heavy atom. The zero-order valence-corrected chi connectivity index (χ0v) is 14.8. The first-order valence-electron chi connectivity index (χ1n) is 9.60. The molecule has 2 amide bonds. The summed E-state index contributed by atoms with van der Waals surface area (Å²) in [5.41, 5.74) is 0.0495. The molecule has 6 nitrogen and oxygen atoms in total. The van der Waals surface area contributed by atoms with Gasteiger partial charge in [0.2, 0.25) is 0 Å². The van der Waals surface area contributed by atoms with Crippen LogP contribution in [0.5, 0.6) is 0 Å². The number of pyridine rings is 1. The Labute approximate surface area is 149 Å². The molecule has 1 aromatic heterocycles. The van der Waals surface area contributed by atoms with E-state index in [1.807, 2.05) is 29.3 Å². The van der Waals surface area contributed by atoms with Crippen molar-refractivity contribution in [3.8, 4) is 0 Å². The Balaban J connectivity index is 1.26. The fourth-order valence-electron chi connectivity index (χ4n) is 4.43. The van der Waals surface area contributed by atoms with E-state index in [1.165, 1.54) is 19.3 Å². The predicted octanol–water partition coefficient (Wildman–Crippen LogP) is 2.41. The molecule has 1 aliphatic carbocycles. The standard InChI is InChI=1S/C19H28N4O2/c24-18(21-16-14-19(25-15-16)7-3-1-4-8-19)23-12-10-22(11-13-23)17-6-2-5-9-20-17/h2,5-6,9,16H,1,3-4,7-8,10-15H2,(H,21,24)/t16-/m1/s1. The van der Waals surface area contributed by atoms with E-state index in [4.69, 9.17) is 4.74 Å². The normalized spacial score (nSPS) is 26.0. The van der Waals surface area contributed by atoms with Crippen molar-refractivity contribution in [1.29, 1.82) is 0 Å². The van der Waals surface area contributed by atoms with Crippen LogP contribution in [0.3, 0.4) is 0 Å². The first-order chi connectivity index (χ1) is 12.2. The molecule has 1 atom stereocenters. The summed E-state index contributed by atoms with van der Waals surface area (Å²) in [6.07, 6.45) is 8.95. The highest BCUT2D eigenvalue weighted by Gasteiger charge is 2.41. The fraction of sp³-hybridized carbons (Fsp3) is 0.684. The molecule has 0 unspecified atom stereocenters. The van der Waals surface area contributed by atoms with E-state index in [0.717, 1.165) is 51.3 Å². The van der Waals surface area contributed by atoms with Gasteiger partial charge >= 0.3 is 6.03 Å². The van der Waals surface area contributed by atoms with E-state index in [-0.39, 0.29) is 17.7 Å². The number of ether oxygens (including phenoxy) is 1. The van der Waals surface area contributed by atoms with Gasteiger partial charge in [0.1, 0.15) is 5.82 Å². The summed E-state index contributed by atoms with van der Waals surface area (Å²) in [5.74, 6) is 0.992. The van der Waals surface area contributed by atoms with Crippen LogP contribution in [0, 0.1) is 0 Å². The van der Waals surface area contributed by atoms with Crippen molar-refractivity contribution in [2.24, 2.45) is 0 Å². The van der Waals surface area contributed by atoms with Crippen molar-refractivity contribution in [3.63, 3.8) is 0 Å². The number of aromatic nitrogens is 1. The molecule has 25 heavy (non-hydrogen) atoms. The summed E-state index contributed by atoms with van der Waals surface area (Å²) in [6.45, 7) is 3.80. The molecule has 0 aromatic carbocycles. The van der Waals surface area contributed by atoms with Gasteiger partial charge in [-0.2, -0.15) is 0 Å². The third kappa shape index (κ3) is 3.73. The van der Waals surface area contributed by atoms with Crippen molar-refractivity contribution >= 4 is 11.8 Å². The lowest BCUT2D eigenvalue weighted by molar-refractivity contribution is -0.0246. The van der Waals surface area contributed by atoms with E-state index in [9.17, 15) is 4.79 Å². The second-order valence-corrected chi connectivity index (χ2v) is 7.57.